The van der Waals surface area contributed by atoms with Gasteiger partial charge in [0.25, 0.3) is 0 Å². The van der Waals surface area contributed by atoms with Crippen LogP contribution in [0.3, 0.4) is 0 Å². The van der Waals surface area contributed by atoms with Crippen molar-refractivity contribution in [1.29, 1.82) is 0 Å². The molecule has 3 rings (SSSR count). The lowest BCUT2D eigenvalue weighted by atomic mass is 10.1. The average Bonchev–Trinajstić information content (AvgIpc) is 3.02. The van der Waals surface area contributed by atoms with Crippen molar-refractivity contribution in [2.24, 2.45) is 4.99 Å². The van der Waals surface area contributed by atoms with Gasteiger partial charge in [-0.15, -0.1) is 0 Å². The van der Waals surface area contributed by atoms with E-state index in [1.807, 2.05) is 23.1 Å². The highest BCUT2D eigenvalue weighted by Crippen LogP contribution is 2.32. The predicted octanol–water partition coefficient (Wildman–Crippen LogP) is 2.80. The van der Waals surface area contributed by atoms with E-state index in [0.717, 1.165) is 28.8 Å². The number of rotatable bonds is 2. The molecule has 3 nitrogen and oxygen atoms in total. The number of hydrogen-bond acceptors (Lipinski definition) is 4. The molecule has 5 heteroatoms. The van der Waals surface area contributed by atoms with E-state index in [1.165, 1.54) is 5.56 Å². The van der Waals surface area contributed by atoms with Gasteiger partial charge in [0.15, 0.2) is 0 Å². The fraction of sp³-hybridized carbons (Fsp3) is 0.429. The van der Waals surface area contributed by atoms with Crippen LogP contribution in [0.15, 0.2) is 29.3 Å². The van der Waals surface area contributed by atoms with Gasteiger partial charge >= 0.3 is 0 Å². The summed E-state index contributed by atoms with van der Waals surface area (Å²) in [6.45, 7) is 3.01. The molecule has 19 heavy (non-hydrogen) atoms. The van der Waals surface area contributed by atoms with Crippen molar-refractivity contribution in [2.75, 3.05) is 23.0 Å². The van der Waals surface area contributed by atoms with Gasteiger partial charge in [-0.1, -0.05) is 41.7 Å². The Kier molecular flexibility index (Phi) is 3.84. The number of thioether (sulfide) groups is 2. The van der Waals surface area contributed by atoms with Gasteiger partial charge in [0, 0.05) is 17.5 Å². The van der Waals surface area contributed by atoms with Gasteiger partial charge in [0.05, 0.1) is 12.3 Å². The van der Waals surface area contributed by atoms with Crippen molar-refractivity contribution < 1.29 is 4.79 Å². The third-order valence-corrected chi connectivity index (χ3v) is 5.59. The van der Waals surface area contributed by atoms with Gasteiger partial charge in [0.2, 0.25) is 5.91 Å². The van der Waals surface area contributed by atoms with Crippen LogP contribution in [0, 0.1) is 0 Å². The summed E-state index contributed by atoms with van der Waals surface area (Å²) in [6.07, 6.45) is 0.961. The molecule has 0 fully saturated rings. The first kappa shape index (κ1) is 13.1. The molecule has 0 N–H and O–H groups in total. The monoisotopic (exact) mass is 292 g/mol. The molecule has 1 aromatic rings. The molecule has 0 spiro atoms. The van der Waals surface area contributed by atoms with Crippen molar-refractivity contribution >= 4 is 39.5 Å². The fourth-order valence-electron chi connectivity index (χ4n) is 2.54. The predicted molar refractivity (Wildman–Crippen MR) is 84.3 cm³/mol. The van der Waals surface area contributed by atoms with E-state index in [0.29, 0.717) is 5.75 Å². The van der Waals surface area contributed by atoms with Gasteiger partial charge in [-0.25, -0.2) is 0 Å². The van der Waals surface area contributed by atoms with Crippen LogP contribution in [-0.2, 0) is 11.2 Å². The van der Waals surface area contributed by atoms with E-state index < -0.39 is 0 Å². The molecule has 1 atom stereocenters. The second-order valence-electron chi connectivity index (χ2n) is 4.73. The van der Waals surface area contributed by atoms with Gasteiger partial charge < -0.3 is 4.90 Å². The summed E-state index contributed by atoms with van der Waals surface area (Å²) >= 11 is 3.33. The number of carbonyl (C=O) groups is 1. The SMILES string of the molecule is C[C@@H]1Cc2ccccc2N1C(=O)CSC1=NCCS1. The summed E-state index contributed by atoms with van der Waals surface area (Å²) in [5.74, 6) is 1.74. The Morgan fingerprint density at radius 2 is 2.37 bits per heavy atom. The zero-order valence-corrected chi connectivity index (χ0v) is 12.5. The Bertz CT molecular complexity index is 530. The van der Waals surface area contributed by atoms with Crippen molar-refractivity contribution in [2.45, 2.75) is 19.4 Å². The number of amides is 1. The summed E-state index contributed by atoms with van der Waals surface area (Å²) in [5, 5.41) is 0. The van der Waals surface area contributed by atoms with Crippen LogP contribution >= 0.6 is 23.5 Å². The van der Waals surface area contributed by atoms with Crippen LogP contribution in [-0.4, -0.2) is 34.4 Å². The molecule has 0 radical (unpaired) electrons. The van der Waals surface area contributed by atoms with E-state index in [9.17, 15) is 4.79 Å². The van der Waals surface area contributed by atoms with Crippen molar-refractivity contribution in [3.63, 3.8) is 0 Å². The maximum absolute atomic E-state index is 12.4. The van der Waals surface area contributed by atoms with Crippen LogP contribution in [0.1, 0.15) is 12.5 Å². The Morgan fingerprint density at radius 3 is 3.16 bits per heavy atom. The van der Waals surface area contributed by atoms with Crippen LogP contribution in [0.4, 0.5) is 5.69 Å². The van der Waals surface area contributed by atoms with Gasteiger partial charge in [-0.05, 0) is 25.0 Å². The highest BCUT2D eigenvalue weighted by atomic mass is 32.2. The molecule has 0 unspecified atom stereocenters. The molecular formula is C14H16N2OS2. The largest absolute Gasteiger partial charge is 0.308 e. The van der Waals surface area contributed by atoms with Crippen molar-refractivity contribution in [1.82, 2.24) is 0 Å². The zero-order valence-electron chi connectivity index (χ0n) is 10.8. The molecule has 2 aliphatic rings. The molecule has 1 aromatic carbocycles. The fourth-order valence-corrected chi connectivity index (χ4v) is 4.41. The summed E-state index contributed by atoms with van der Waals surface area (Å²) in [6, 6.07) is 8.47. The minimum Gasteiger partial charge on any atom is -0.308 e. The maximum atomic E-state index is 12.4. The van der Waals surface area contributed by atoms with E-state index >= 15 is 0 Å². The number of fused-ring (bicyclic) bond motifs is 1. The van der Waals surface area contributed by atoms with Gasteiger partial charge in [-0.2, -0.15) is 0 Å². The molecule has 1 amide bonds. The third-order valence-electron chi connectivity index (χ3n) is 3.35. The summed E-state index contributed by atoms with van der Waals surface area (Å²) in [4.78, 5) is 18.7. The first-order valence-corrected chi connectivity index (χ1v) is 8.43. The minimum absolute atomic E-state index is 0.192. The van der Waals surface area contributed by atoms with Gasteiger partial charge in [0.1, 0.15) is 4.38 Å². The number of nitrogens with zero attached hydrogens (tertiary/aromatic N) is 2. The molecule has 100 valence electrons. The highest BCUT2D eigenvalue weighted by molar-refractivity contribution is 8.39. The van der Waals surface area contributed by atoms with E-state index in [2.05, 4.69) is 18.0 Å². The third kappa shape index (κ3) is 2.67. The Labute approximate surface area is 121 Å². The molecule has 0 aliphatic carbocycles. The lowest BCUT2D eigenvalue weighted by Crippen LogP contribution is -2.37. The number of aliphatic imine (C=N–C) groups is 1. The van der Waals surface area contributed by atoms with E-state index in [4.69, 9.17) is 0 Å². The summed E-state index contributed by atoms with van der Waals surface area (Å²) in [7, 11) is 0. The summed E-state index contributed by atoms with van der Waals surface area (Å²) < 4.78 is 1.06. The number of carbonyl (C=O) groups excluding carboxylic acids is 1. The maximum Gasteiger partial charge on any atom is 0.237 e. The Balaban J connectivity index is 1.69. The Morgan fingerprint density at radius 1 is 1.53 bits per heavy atom. The molecule has 0 saturated heterocycles. The van der Waals surface area contributed by atoms with Crippen LogP contribution in [0.5, 0.6) is 0 Å². The lowest BCUT2D eigenvalue weighted by molar-refractivity contribution is -0.116. The average molecular weight is 292 g/mol. The van der Waals surface area contributed by atoms with E-state index in [1.54, 1.807) is 23.5 Å². The summed E-state index contributed by atoms with van der Waals surface area (Å²) in [5.41, 5.74) is 2.36. The lowest BCUT2D eigenvalue weighted by Gasteiger charge is -2.22. The molecule has 0 bridgehead atoms. The second-order valence-corrected chi connectivity index (χ2v) is 7.04. The first-order chi connectivity index (χ1) is 9.25. The quantitative estimate of drug-likeness (QED) is 0.840. The highest BCUT2D eigenvalue weighted by Gasteiger charge is 2.30. The van der Waals surface area contributed by atoms with Crippen molar-refractivity contribution in [3.8, 4) is 0 Å². The first-order valence-electron chi connectivity index (χ1n) is 6.46. The van der Waals surface area contributed by atoms with Crippen LogP contribution in [0.25, 0.3) is 0 Å². The van der Waals surface area contributed by atoms with Crippen molar-refractivity contribution in [3.05, 3.63) is 29.8 Å². The number of para-hydroxylation sites is 1. The normalized spacial score (nSPS) is 21.4. The standard InChI is InChI=1S/C14H16N2OS2/c1-10-8-11-4-2-3-5-12(11)16(10)13(17)9-19-14-15-6-7-18-14/h2-5,10H,6-9H2,1H3/t10-/m1/s1. The Hall–Kier alpha value is -0.940. The molecule has 0 saturated carbocycles. The number of anilines is 1. The molecule has 2 heterocycles. The molecule has 0 aromatic heterocycles. The smallest absolute Gasteiger partial charge is 0.237 e. The van der Waals surface area contributed by atoms with Crippen LogP contribution < -0.4 is 4.90 Å². The molecule has 2 aliphatic heterocycles. The van der Waals surface area contributed by atoms with E-state index in [-0.39, 0.29) is 11.9 Å². The zero-order chi connectivity index (χ0) is 13.2. The van der Waals surface area contributed by atoms with Gasteiger partial charge in [-0.3, -0.25) is 9.79 Å². The molecular weight excluding hydrogens is 276 g/mol. The topological polar surface area (TPSA) is 32.7 Å². The van der Waals surface area contributed by atoms with Crippen LogP contribution in [0.2, 0.25) is 0 Å². The number of benzene rings is 1. The second kappa shape index (κ2) is 5.59. The number of hydrogen-bond donors (Lipinski definition) is 0. The minimum atomic E-state index is 0.192.